The van der Waals surface area contributed by atoms with E-state index < -0.39 is 85.7 Å². The number of hydrogen-bond donors (Lipinski definition) is 7. The van der Waals surface area contributed by atoms with Gasteiger partial charge in [-0.05, 0) is 98.2 Å². The third kappa shape index (κ3) is 10.1. The van der Waals surface area contributed by atoms with E-state index in [9.17, 15) is 34.8 Å². The van der Waals surface area contributed by atoms with Crippen molar-refractivity contribution in [3.05, 3.63) is 11.6 Å². The molecule has 2 heterocycles. The molecule has 2 saturated heterocycles. The first kappa shape index (κ1) is 48.1. The van der Waals surface area contributed by atoms with E-state index in [2.05, 4.69) is 56.6 Å². The number of ether oxygens (including phenoxy) is 5. The van der Waals surface area contributed by atoms with E-state index in [1.54, 1.807) is 0 Å². The van der Waals surface area contributed by atoms with Crippen molar-refractivity contribution in [2.24, 2.45) is 46.3 Å². The molecule has 6 rings (SSSR count). The van der Waals surface area contributed by atoms with Crippen LogP contribution < -0.4 is 16.0 Å². The molecular weight excluding hydrogens is 787 g/mol. The molecule has 15 heteroatoms. The maximum Gasteiger partial charge on any atom is 0.407 e. The fraction of sp³-hybridized carbons (Fsp3) is 0.891. The fourth-order valence-corrected chi connectivity index (χ4v) is 12.8. The Hall–Kier alpha value is -2.37. The predicted molar refractivity (Wildman–Crippen MR) is 226 cm³/mol. The predicted octanol–water partition coefficient (Wildman–Crippen LogP) is 3.73. The SMILES string of the molecule is CO[C@@H]1C(NC(C)=O)[C@H](O[C@@H]2C(C(=O)NCCNC(=O)O[C@H]3CC[C@@]4(C)C(=CC[C@H]5[C@@H]6CC[C@H]([C@H](C)CCCC(C)C)[C@@]6(C)CC[C@@H]54)C3)O[C@@H](C)[C@@H](O)[C@H]2O)OC(CO)[C@@H]1O. The third-order valence-corrected chi connectivity index (χ3v) is 16.1. The van der Waals surface area contributed by atoms with Crippen molar-refractivity contribution in [2.45, 2.75) is 186 Å². The number of aliphatic hydroxyl groups excluding tert-OH is 4. The second kappa shape index (κ2) is 20.2. The molecule has 5 fully saturated rings. The number of nitrogens with one attached hydrogen (secondary N) is 3. The number of carbonyl (C=O) groups is 3. The second-order valence-corrected chi connectivity index (χ2v) is 20.3. The zero-order chi connectivity index (χ0) is 44.4. The first-order valence-corrected chi connectivity index (χ1v) is 23.3. The summed E-state index contributed by atoms with van der Waals surface area (Å²) in [4.78, 5) is 38.7. The average Bonchev–Trinajstić information content (AvgIpc) is 3.57. The van der Waals surface area contributed by atoms with E-state index >= 15 is 0 Å². The van der Waals surface area contributed by atoms with Crippen molar-refractivity contribution in [3.8, 4) is 0 Å². The molecule has 3 saturated carbocycles. The normalized spacial score (nSPS) is 42.6. The molecule has 0 radical (unpaired) electrons. The summed E-state index contributed by atoms with van der Waals surface area (Å²) in [5, 5.41) is 50.4. The van der Waals surface area contributed by atoms with Crippen LogP contribution in [0.15, 0.2) is 11.6 Å². The zero-order valence-corrected chi connectivity index (χ0v) is 37.8. The van der Waals surface area contributed by atoms with Crippen molar-refractivity contribution in [3.63, 3.8) is 0 Å². The second-order valence-electron chi connectivity index (χ2n) is 20.3. The van der Waals surface area contributed by atoms with Crippen LogP contribution in [-0.4, -0.2) is 132 Å². The Labute approximate surface area is 362 Å². The number of hydrogen-bond acceptors (Lipinski definition) is 12. The van der Waals surface area contributed by atoms with E-state index in [4.69, 9.17) is 23.7 Å². The van der Waals surface area contributed by atoms with Gasteiger partial charge in [-0.2, -0.15) is 0 Å². The summed E-state index contributed by atoms with van der Waals surface area (Å²) in [5.74, 6) is 3.38. The highest BCUT2D eigenvalue weighted by Gasteiger charge is 2.59. The van der Waals surface area contributed by atoms with Crippen LogP contribution in [0.2, 0.25) is 0 Å². The lowest BCUT2D eigenvalue weighted by Gasteiger charge is -2.58. The molecule has 7 N–H and O–H groups in total. The minimum absolute atomic E-state index is 0.00113. The lowest BCUT2D eigenvalue weighted by Crippen LogP contribution is -2.68. The summed E-state index contributed by atoms with van der Waals surface area (Å²) >= 11 is 0. The van der Waals surface area contributed by atoms with Gasteiger partial charge < -0.3 is 60.1 Å². The molecule has 348 valence electrons. The van der Waals surface area contributed by atoms with Gasteiger partial charge in [0, 0.05) is 33.5 Å². The Bertz CT molecular complexity index is 1550. The third-order valence-electron chi connectivity index (χ3n) is 16.1. The summed E-state index contributed by atoms with van der Waals surface area (Å²) in [6.07, 6.45) is 2.75. The molecule has 0 aromatic heterocycles. The number of fused-ring (bicyclic) bond motifs is 5. The van der Waals surface area contributed by atoms with Crippen molar-refractivity contribution >= 4 is 17.9 Å². The van der Waals surface area contributed by atoms with Gasteiger partial charge in [0.15, 0.2) is 12.4 Å². The quantitative estimate of drug-likeness (QED) is 0.0927. The number of rotatable bonds is 15. The van der Waals surface area contributed by atoms with Gasteiger partial charge >= 0.3 is 6.09 Å². The van der Waals surface area contributed by atoms with Gasteiger partial charge in [-0.15, -0.1) is 0 Å². The van der Waals surface area contributed by atoms with Crippen molar-refractivity contribution in [1.82, 2.24) is 16.0 Å². The molecular formula is C46H77N3O12. The number of methoxy groups -OCH3 is 1. The maximum atomic E-state index is 13.5. The molecule has 0 aromatic rings. The standard InChI is InChI=1S/C46H77N3O12/c1-24(2)10-9-11-25(3)31-14-15-32-30-13-12-28-22-29(16-18-45(28,6)33(30)17-19-46(31,32)7)59-44(56)48-21-20-47-42(55)41-40(38(54)36(52)26(4)58-41)61-43-35(49-27(5)51)39(57-8)37(53)34(23-50)60-43/h12,24-26,29-41,43,50,52-54H,9-11,13-23H2,1-8H3,(H,47,55)(H,48,56)(H,49,51)/t25-,26+,29+,30+,31-,32+,33+,34?,35?,36-,37+,38-,39-,40+,41?,43+,45+,46-/m1/s1. The molecule has 18 atom stereocenters. The fourth-order valence-electron chi connectivity index (χ4n) is 12.8. The summed E-state index contributed by atoms with van der Waals surface area (Å²) in [6.45, 7) is 14.5. The van der Waals surface area contributed by atoms with Crippen LogP contribution in [-0.2, 0) is 33.3 Å². The number of aliphatic hydroxyl groups is 4. The van der Waals surface area contributed by atoms with E-state index in [0.29, 0.717) is 11.3 Å². The monoisotopic (exact) mass is 864 g/mol. The highest BCUT2D eigenvalue weighted by Crippen LogP contribution is 2.67. The Morgan fingerprint density at radius 1 is 0.918 bits per heavy atom. The van der Waals surface area contributed by atoms with E-state index in [1.807, 2.05) is 0 Å². The Morgan fingerprint density at radius 2 is 1.66 bits per heavy atom. The van der Waals surface area contributed by atoms with E-state index in [1.165, 1.54) is 71.5 Å². The molecule has 61 heavy (non-hydrogen) atoms. The van der Waals surface area contributed by atoms with Crippen LogP contribution in [0.4, 0.5) is 4.79 Å². The number of carbonyl (C=O) groups excluding carboxylic acids is 3. The topological polar surface area (TPSA) is 214 Å². The van der Waals surface area contributed by atoms with Gasteiger partial charge in [0.1, 0.15) is 48.8 Å². The van der Waals surface area contributed by atoms with Gasteiger partial charge in [-0.3, -0.25) is 9.59 Å². The maximum absolute atomic E-state index is 13.5. The molecule has 0 aromatic carbocycles. The van der Waals surface area contributed by atoms with E-state index in [0.717, 1.165) is 55.3 Å². The van der Waals surface area contributed by atoms with Crippen LogP contribution in [0.25, 0.3) is 0 Å². The molecule has 3 amide bonds. The Morgan fingerprint density at radius 3 is 2.34 bits per heavy atom. The van der Waals surface area contributed by atoms with Crippen LogP contribution in [0.5, 0.6) is 0 Å². The molecule has 15 nitrogen and oxygen atoms in total. The van der Waals surface area contributed by atoms with Gasteiger partial charge in [0.05, 0.1) is 12.7 Å². The first-order chi connectivity index (χ1) is 28.9. The largest absolute Gasteiger partial charge is 0.446 e. The van der Waals surface area contributed by atoms with Crippen LogP contribution >= 0.6 is 0 Å². The number of amides is 3. The summed E-state index contributed by atoms with van der Waals surface area (Å²) in [7, 11) is 1.31. The van der Waals surface area contributed by atoms with Gasteiger partial charge in [0.2, 0.25) is 5.91 Å². The minimum atomic E-state index is -1.62. The minimum Gasteiger partial charge on any atom is -0.446 e. The van der Waals surface area contributed by atoms with Crippen LogP contribution in [0.3, 0.4) is 0 Å². The molecule has 3 unspecified atom stereocenters. The van der Waals surface area contributed by atoms with Crippen molar-refractivity contribution < 1.29 is 58.5 Å². The zero-order valence-electron chi connectivity index (χ0n) is 37.8. The first-order valence-electron chi connectivity index (χ1n) is 23.3. The Kier molecular flexibility index (Phi) is 15.9. The lowest BCUT2D eigenvalue weighted by molar-refractivity contribution is -0.317. The van der Waals surface area contributed by atoms with Gasteiger partial charge in [0.25, 0.3) is 5.91 Å². The van der Waals surface area contributed by atoms with Gasteiger partial charge in [-0.1, -0.05) is 65.5 Å². The van der Waals surface area contributed by atoms with Crippen LogP contribution in [0, 0.1) is 46.3 Å². The van der Waals surface area contributed by atoms with E-state index in [-0.39, 0.29) is 24.6 Å². The summed E-state index contributed by atoms with van der Waals surface area (Å²) in [5.41, 5.74) is 2.02. The summed E-state index contributed by atoms with van der Waals surface area (Å²) < 4.78 is 29.0. The lowest BCUT2D eigenvalue weighted by atomic mass is 9.47. The molecule has 2 aliphatic heterocycles. The Balaban J connectivity index is 0.994. The average molecular weight is 864 g/mol. The highest BCUT2D eigenvalue weighted by atomic mass is 16.7. The molecule has 0 bridgehead atoms. The number of alkyl carbamates (subject to hydrolysis) is 1. The molecule has 6 aliphatic rings. The highest BCUT2D eigenvalue weighted by molar-refractivity contribution is 5.82. The van der Waals surface area contributed by atoms with Gasteiger partial charge in [-0.25, -0.2) is 4.79 Å². The smallest absolute Gasteiger partial charge is 0.407 e. The number of allylic oxidation sites excluding steroid dienone is 1. The van der Waals surface area contributed by atoms with Crippen molar-refractivity contribution in [1.29, 1.82) is 0 Å². The molecule has 0 spiro atoms. The van der Waals surface area contributed by atoms with Crippen LogP contribution in [0.1, 0.15) is 119 Å². The summed E-state index contributed by atoms with van der Waals surface area (Å²) in [6, 6.07) is -1.12. The van der Waals surface area contributed by atoms with Crippen molar-refractivity contribution in [2.75, 3.05) is 26.8 Å². The molecule has 4 aliphatic carbocycles.